The molecule has 32 heavy (non-hydrogen) atoms. The minimum Gasteiger partial charge on any atom is -0.494 e. The smallest absolute Gasteiger partial charge is 0.276 e. The van der Waals surface area contributed by atoms with Gasteiger partial charge in [0.15, 0.2) is 11.3 Å². The molecule has 0 spiro atoms. The Morgan fingerprint density at radius 3 is 2.53 bits per heavy atom. The maximum absolute atomic E-state index is 13.2. The second kappa shape index (κ2) is 8.88. The number of para-hydroxylation sites is 1. The molecule has 0 aliphatic carbocycles. The summed E-state index contributed by atoms with van der Waals surface area (Å²) in [5, 5.41) is 11.6. The lowest BCUT2D eigenvalue weighted by Crippen LogP contribution is -2.50. The normalized spacial score (nSPS) is 17.0. The molecular formula is C25H22N4O2S. The van der Waals surface area contributed by atoms with E-state index in [1.165, 1.54) is 17.3 Å². The zero-order valence-corrected chi connectivity index (χ0v) is 18.4. The van der Waals surface area contributed by atoms with E-state index >= 15 is 0 Å². The van der Waals surface area contributed by atoms with Crippen LogP contribution in [0.1, 0.15) is 24.2 Å². The maximum atomic E-state index is 13.2. The molecule has 1 amide bonds. The van der Waals surface area contributed by atoms with Crippen LogP contribution in [-0.4, -0.2) is 22.7 Å². The van der Waals surface area contributed by atoms with Crippen molar-refractivity contribution in [3.05, 3.63) is 101 Å². The molecule has 0 saturated carbocycles. The zero-order chi connectivity index (χ0) is 21.9. The molecular weight excluding hydrogens is 420 g/mol. The number of hydrogen-bond donors (Lipinski definition) is 1. The van der Waals surface area contributed by atoms with E-state index in [2.05, 4.69) is 17.4 Å². The van der Waals surface area contributed by atoms with Crippen LogP contribution in [0.15, 0.2) is 89.0 Å². The van der Waals surface area contributed by atoms with Gasteiger partial charge in [0.05, 0.1) is 12.0 Å². The van der Waals surface area contributed by atoms with Gasteiger partial charge in [-0.1, -0.05) is 72.4 Å². The highest BCUT2D eigenvalue weighted by Crippen LogP contribution is 2.32. The van der Waals surface area contributed by atoms with Gasteiger partial charge in [-0.2, -0.15) is 0 Å². The molecule has 3 aromatic carbocycles. The molecule has 0 bridgehead atoms. The summed E-state index contributed by atoms with van der Waals surface area (Å²) in [4.78, 5) is 18.1. The van der Waals surface area contributed by atoms with Crippen LogP contribution in [0.5, 0.6) is 5.75 Å². The summed E-state index contributed by atoms with van der Waals surface area (Å²) in [6.45, 7) is 2.56. The quantitative estimate of drug-likeness (QED) is 0.659. The predicted molar refractivity (Wildman–Crippen MR) is 126 cm³/mol. The van der Waals surface area contributed by atoms with E-state index in [4.69, 9.17) is 14.8 Å². The SMILES string of the molecule is CCOc1ccc([C@@H]2N=c3ccccc3=C3C(=O)NC(SCc4ccccc4)=NN32)cc1. The van der Waals surface area contributed by atoms with Crippen LogP contribution in [0.25, 0.3) is 5.70 Å². The van der Waals surface area contributed by atoms with Crippen LogP contribution < -0.4 is 20.6 Å². The minimum atomic E-state index is -0.436. The number of benzene rings is 3. The topological polar surface area (TPSA) is 66.3 Å². The Morgan fingerprint density at radius 2 is 1.75 bits per heavy atom. The molecule has 2 heterocycles. The summed E-state index contributed by atoms with van der Waals surface area (Å²) >= 11 is 1.50. The monoisotopic (exact) mass is 442 g/mol. The van der Waals surface area contributed by atoms with Gasteiger partial charge in [0.1, 0.15) is 11.4 Å². The minimum absolute atomic E-state index is 0.172. The molecule has 0 unspecified atom stereocenters. The number of carbonyl (C=O) groups is 1. The van der Waals surface area contributed by atoms with Crippen molar-refractivity contribution in [3.63, 3.8) is 0 Å². The number of ether oxygens (including phenoxy) is 1. The van der Waals surface area contributed by atoms with Crippen LogP contribution in [0.2, 0.25) is 0 Å². The van der Waals surface area contributed by atoms with Gasteiger partial charge in [0, 0.05) is 11.0 Å². The third kappa shape index (κ3) is 3.99. The van der Waals surface area contributed by atoms with Crippen LogP contribution in [0, 0.1) is 0 Å². The summed E-state index contributed by atoms with van der Waals surface area (Å²) in [6.07, 6.45) is -0.436. The Balaban J connectivity index is 1.54. The number of amidine groups is 1. The van der Waals surface area contributed by atoms with Crippen molar-refractivity contribution in [2.45, 2.75) is 18.8 Å². The molecule has 0 radical (unpaired) electrons. The molecule has 5 rings (SSSR count). The molecule has 2 aliphatic rings. The van der Waals surface area contributed by atoms with E-state index in [1.807, 2.05) is 73.7 Å². The molecule has 3 aromatic rings. The van der Waals surface area contributed by atoms with Gasteiger partial charge in [-0.3, -0.25) is 15.1 Å². The van der Waals surface area contributed by atoms with Crippen LogP contribution in [-0.2, 0) is 10.5 Å². The third-order valence-electron chi connectivity index (χ3n) is 5.22. The number of rotatable bonds is 5. The second-order valence-corrected chi connectivity index (χ2v) is 8.31. The molecule has 0 aromatic heterocycles. The van der Waals surface area contributed by atoms with Gasteiger partial charge in [-0.15, -0.1) is 5.10 Å². The van der Waals surface area contributed by atoms with Crippen LogP contribution in [0.4, 0.5) is 0 Å². The van der Waals surface area contributed by atoms with Gasteiger partial charge >= 0.3 is 0 Å². The van der Waals surface area contributed by atoms with E-state index < -0.39 is 6.17 Å². The number of hydrogen-bond acceptors (Lipinski definition) is 6. The van der Waals surface area contributed by atoms with Crippen molar-refractivity contribution >= 4 is 28.5 Å². The van der Waals surface area contributed by atoms with Crippen molar-refractivity contribution in [2.24, 2.45) is 10.1 Å². The summed E-state index contributed by atoms with van der Waals surface area (Å²) in [5.41, 5.74) is 2.62. The Hall–Kier alpha value is -3.58. The second-order valence-electron chi connectivity index (χ2n) is 7.35. The number of nitrogens with one attached hydrogen (secondary N) is 1. The highest BCUT2D eigenvalue weighted by atomic mass is 32.2. The molecule has 1 atom stereocenters. The third-order valence-corrected chi connectivity index (χ3v) is 6.16. The summed E-state index contributed by atoms with van der Waals surface area (Å²) in [5.74, 6) is 1.34. The molecule has 6 nitrogen and oxygen atoms in total. The number of thioether (sulfide) groups is 1. The van der Waals surface area contributed by atoms with E-state index in [-0.39, 0.29) is 5.91 Å². The van der Waals surface area contributed by atoms with E-state index in [1.54, 1.807) is 5.01 Å². The first-order valence-electron chi connectivity index (χ1n) is 10.5. The molecule has 2 aliphatic heterocycles. The standard InChI is InChI=1S/C25H22N4O2S/c1-2-31-19-14-12-18(13-15-19)23-26-21-11-7-6-10-20(21)22-24(30)27-25(28-29(22)23)32-16-17-8-4-3-5-9-17/h3-15,23H,2,16H2,1H3,(H,27,28,30)/t23-/m1/s1. The largest absolute Gasteiger partial charge is 0.494 e. The number of carbonyl (C=O) groups excluding carboxylic acids is 1. The number of nitrogens with zero attached hydrogens (tertiary/aromatic N) is 3. The Kier molecular flexibility index (Phi) is 5.64. The average Bonchev–Trinajstić information content (AvgIpc) is 2.83. The Morgan fingerprint density at radius 1 is 1.00 bits per heavy atom. The highest BCUT2D eigenvalue weighted by Gasteiger charge is 2.34. The summed E-state index contributed by atoms with van der Waals surface area (Å²) in [7, 11) is 0. The summed E-state index contributed by atoms with van der Waals surface area (Å²) < 4.78 is 5.57. The van der Waals surface area contributed by atoms with Crippen molar-refractivity contribution < 1.29 is 9.53 Å². The first-order chi connectivity index (χ1) is 15.7. The lowest BCUT2D eigenvalue weighted by Gasteiger charge is -2.34. The highest BCUT2D eigenvalue weighted by molar-refractivity contribution is 8.13. The molecule has 7 heteroatoms. The number of fused-ring (bicyclic) bond motifs is 2. The Bertz CT molecular complexity index is 1290. The van der Waals surface area contributed by atoms with Gasteiger partial charge in [0.2, 0.25) is 0 Å². The van der Waals surface area contributed by atoms with Gasteiger partial charge in [-0.25, -0.2) is 5.01 Å². The maximum Gasteiger partial charge on any atom is 0.276 e. The number of amides is 1. The molecule has 0 fully saturated rings. The van der Waals surface area contributed by atoms with Crippen molar-refractivity contribution in [1.29, 1.82) is 0 Å². The fourth-order valence-electron chi connectivity index (χ4n) is 3.74. The van der Waals surface area contributed by atoms with Crippen molar-refractivity contribution in [2.75, 3.05) is 6.61 Å². The zero-order valence-electron chi connectivity index (χ0n) is 17.6. The van der Waals surface area contributed by atoms with Crippen LogP contribution in [0.3, 0.4) is 0 Å². The average molecular weight is 443 g/mol. The predicted octanol–water partition coefficient (Wildman–Crippen LogP) is 3.16. The van der Waals surface area contributed by atoms with E-state index in [0.29, 0.717) is 23.2 Å². The van der Waals surface area contributed by atoms with Gasteiger partial charge < -0.3 is 4.74 Å². The van der Waals surface area contributed by atoms with Gasteiger partial charge in [0.25, 0.3) is 5.91 Å². The van der Waals surface area contributed by atoms with Crippen molar-refractivity contribution in [1.82, 2.24) is 10.3 Å². The fourth-order valence-corrected chi connectivity index (χ4v) is 4.54. The first kappa shape index (κ1) is 20.3. The molecule has 0 saturated heterocycles. The fraction of sp³-hybridized carbons (Fsp3) is 0.160. The molecule has 160 valence electrons. The molecule has 1 N–H and O–H groups in total. The van der Waals surface area contributed by atoms with E-state index in [9.17, 15) is 4.79 Å². The van der Waals surface area contributed by atoms with Crippen LogP contribution >= 0.6 is 11.8 Å². The lowest BCUT2D eigenvalue weighted by molar-refractivity contribution is -0.116. The first-order valence-corrected chi connectivity index (χ1v) is 11.5. The van der Waals surface area contributed by atoms with Crippen molar-refractivity contribution in [3.8, 4) is 5.75 Å². The van der Waals surface area contributed by atoms with Gasteiger partial charge in [-0.05, 0) is 36.2 Å². The lowest BCUT2D eigenvalue weighted by atomic mass is 10.1. The Labute approximate surface area is 190 Å². The summed E-state index contributed by atoms with van der Waals surface area (Å²) in [6, 6.07) is 25.6. The van der Waals surface area contributed by atoms with E-state index in [0.717, 1.165) is 21.9 Å². The number of hydrazone groups is 1.